The number of aromatic amines is 1. The molecule has 5 rings (SSSR count). The third-order valence-corrected chi connectivity index (χ3v) is 5.87. The molecule has 2 aliphatic rings. The van der Waals surface area contributed by atoms with Crippen molar-refractivity contribution in [1.29, 1.82) is 0 Å². The van der Waals surface area contributed by atoms with Crippen LogP contribution in [0, 0.1) is 0 Å². The van der Waals surface area contributed by atoms with E-state index < -0.39 is 0 Å². The number of carbonyl (C=O) groups is 1. The summed E-state index contributed by atoms with van der Waals surface area (Å²) in [7, 11) is 1.56. The van der Waals surface area contributed by atoms with Gasteiger partial charge < -0.3 is 30.4 Å². The van der Waals surface area contributed by atoms with Crippen LogP contribution in [0.15, 0.2) is 30.5 Å². The van der Waals surface area contributed by atoms with Crippen LogP contribution in [-0.2, 0) is 11.2 Å². The number of H-pyrrole nitrogens is 1. The topological polar surface area (TPSA) is 113 Å². The zero-order chi connectivity index (χ0) is 22.1. The molecule has 0 radical (unpaired) electrons. The van der Waals surface area contributed by atoms with Gasteiger partial charge in [-0.1, -0.05) is 17.7 Å². The Labute approximate surface area is 189 Å². The third-order valence-electron chi connectivity index (χ3n) is 5.57. The highest BCUT2D eigenvalue weighted by molar-refractivity contribution is 6.32. The number of nitrogens with one attached hydrogen (secondary N) is 4. The van der Waals surface area contributed by atoms with E-state index in [-0.39, 0.29) is 11.9 Å². The van der Waals surface area contributed by atoms with Gasteiger partial charge in [0.25, 0.3) is 5.91 Å². The second-order valence-electron chi connectivity index (χ2n) is 7.65. The van der Waals surface area contributed by atoms with Crippen LogP contribution in [0.4, 0.5) is 17.3 Å². The molecule has 1 amide bonds. The number of aromatic nitrogens is 3. The lowest BCUT2D eigenvalue weighted by Gasteiger charge is -2.17. The standard InChI is InChI=1S/C22H23ClN6O3/c1-31-20-13(23)3-2-4-16(20)28-19-17-14(5-8-24-21(17)30)27-18(19)15-6-9-25-22(29-15)26-12-7-10-32-11-12/h2-4,6,9,12,27-28H,5,7-8,10-11H2,1H3,(H,24,30)(H,25,26,29)/t12-/m0/s1. The van der Waals surface area contributed by atoms with Crippen LogP contribution < -0.4 is 20.7 Å². The van der Waals surface area contributed by atoms with Crippen LogP contribution in [0.2, 0.25) is 5.02 Å². The zero-order valence-corrected chi connectivity index (χ0v) is 18.3. The van der Waals surface area contributed by atoms with Crippen LogP contribution in [-0.4, -0.2) is 53.8 Å². The number of ether oxygens (including phenoxy) is 2. The molecule has 10 heteroatoms. The maximum absolute atomic E-state index is 12.8. The van der Waals surface area contributed by atoms with Crippen LogP contribution in [0.3, 0.4) is 0 Å². The molecule has 3 aromatic rings. The first kappa shape index (κ1) is 20.6. The molecule has 1 aromatic carbocycles. The van der Waals surface area contributed by atoms with Gasteiger partial charge in [-0.3, -0.25) is 4.79 Å². The van der Waals surface area contributed by atoms with Crippen molar-refractivity contribution in [3.8, 4) is 17.1 Å². The molecular formula is C22H23ClN6O3. The second-order valence-corrected chi connectivity index (χ2v) is 8.06. The SMILES string of the molecule is COc1c(Cl)cccc1Nc1c(-c2ccnc(N[C@H]3CCOC3)n2)[nH]c2c1C(=O)NCC2. The minimum atomic E-state index is -0.146. The Morgan fingerprint density at radius 3 is 3.03 bits per heavy atom. The van der Waals surface area contributed by atoms with E-state index in [9.17, 15) is 4.79 Å². The first-order valence-electron chi connectivity index (χ1n) is 10.4. The third kappa shape index (κ3) is 3.85. The van der Waals surface area contributed by atoms with Gasteiger partial charge in [0, 0.05) is 31.5 Å². The van der Waals surface area contributed by atoms with E-state index >= 15 is 0 Å². The molecule has 2 aliphatic heterocycles. The summed E-state index contributed by atoms with van der Waals surface area (Å²) in [4.78, 5) is 25.2. The normalized spacial score (nSPS) is 17.6. The largest absolute Gasteiger partial charge is 0.493 e. The molecule has 166 valence electrons. The van der Waals surface area contributed by atoms with Gasteiger partial charge in [0.1, 0.15) is 0 Å². The summed E-state index contributed by atoms with van der Waals surface area (Å²) in [6.07, 6.45) is 3.30. The van der Waals surface area contributed by atoms with E-state index in [0.29, 0.717) is 64.6 Å². The maximum atomic E-state index is 12.8. The number of amides is 1. The Balaban J connectivity index is 1.58. The van der Waals surface area contributed by atoms with Gasteiger partial charge in [0.2, 0.25) is 5.95 Å². The van der Waals surface area contributed by atoms with Crippen molar-refractivity contribution in [2.24, 2.45) is 0 Å². The molecule has 0 bridgehead atoms. The summed E-state index contributed by atoms with van der Waals surface area (Å²) in [5, 5.41) is 10.1. The molecule has 2 aromatic heterocycles. The lowest BCUT2D eigenvalue weighted by atomic mass is 10.1. The maximum Gasteiger partial charge on any atom is 0.255 e. The Hall–Kier alpha value is -3.30. The summed E-state index contributed by atoms with van der Waals surface area (Å²) in [6.45, 7) is 1.93. The van der Waals surface area contributed by atoms with Crippen molar-refractivity contribution in [3.05, 3.63) is 46.7 Å². The molecule has 1 saturated heterocycles. The summed E-state index contributed by atoms with van der Waals surface area (Å²) in [5.41, 5.74) is 4.04. The van der Waals surface area contributed by atoms with Gasteiger partial charge in [-0.15, -0.1) is 0 Å². The molecule has 1 fully saturated rings. The molecule has 1 atom stereocenters. The number of rotatable bonds is 6. The second kappa shape index (κ2) is 8.68. The smallest absolute Gasteiger partial charge is 0.255 e. The van der Waals surface area contributed by atoms with E-state index in [0.717, 1.165) is 18.7 Å². The van der Waals surface area contributed by atoms with Crippen molar-refractivity contribution < 1.29 is 14.3 Å². The molecule has 4 heterocycles. The number of hydrogen-bond donors (Lipinski definition) is 4. The summed E-state index contributed by atoms with van der Waals surface area (Å²) >= 11 is 6.31. The predicted molar refractivity (Wildman–Crippen MR) is 122 cm³/mol. The van der Waals surface area contributed by atoms with Gasteiger partial charge in [0.05, 0.1) is 53.1 Å². The number of anilines is 3. The fourth-order valence-corrected chi connectivity index (χ4v) is 4.30. The fraction of sp³-hybridized carbons (Fsp3) is 0.318. The molecule has 0 saturated carbocycles. The van der Waals surface area contributed by atoms with Crippen LogP contribution in [0.25, 0.3) is 11.4 Å². The summed E-state index contributed by atoms with van der Waals surface area (Å²) in [5.74, 6) is 0.867. The minimum absolute atomic E-state index is 0.146. The number of para-hydroxylation sites is 1. The van der Waals surface area contributed by atoms with E-state index in [2.05, 4.69) is 25.9 Å². The number of benzene rings is 1. The van der Waals surface area contributed by atoms with Gasteiger partial charge in [0.15, 0.2) is 5.75 Å². The molecular weight excluding hydrogens is 432 g/mol. The number of methoxy groups -OCH3 is 1. The van der Waals surface area contributed by atoms with Crippen LogP contribution in [0.1, 0.15) is 22.5 Å². The first-order valence-corrected chi connectivity index (χ1v) is 10.8. The van der Waals surface area contributed by atoms with Crippen LogP contribution >= 0.6 is 11.6 Å². The van der Waals surface area contributed by atoms with E-state index in [4.69, 9.17) is 26.1 Å². The average Bonchev–Trinajstić information content (AvgIpc) is 3.43. The van der Waals surface area contributed by atoms with Crippen molar-refractivity contribution in [3.63, 3.8) is 0 Å². The Morgan fingerprint density at radius 1 is 1.31 bits per heavy atom. The number of fused-ring (bicyclic) bond motifs is 1. The summed E-state index contributed by atoms with van der Waals surface area (Å²) in [6, 6.07) is 7.41. The number of nitrogens with zero attached hydrogens (tertiary/aromatic N) is 2. The number of carbonyl (C=O) groups excluding carboxylic acids is 1. The van der Waals surface area contributed by atoms with Crippen LogP contribution in [0.5, 0.6) is 5.75 Å². The van der Waals surface area contributed by atoms with Crippen molar-refractivity contribution in [1.82, 2.24) is 20.3 Å². The van der Waals surface area contributed by atoms with Crippen molar-refractivity contribution in [2.75, 3.05) is 37.5 Å². The zero-order valence-electron chi connectivity index (χ0n) is 17.5. The molecule has 9 nitrogen and oxygen atoms in total. The highest BCUT2D eigenvalue weighted by Crippen LogP contribution is 2.40. The fourth-order valence-electron chi connectivity index (χ4n) is 4.04. The van der Waals surface area contributed by atoms with Gasteiger partial charge in [-0.05, 0) is 24.6 Å². The number of halogens is 1. The number of hydrogen-bond acceptors (Lipinski definition) is 7. The highest BCUT2D eigenvalue weighted by atomic mass is 35.5. The molecule has 0 spiro atoms. The van der Waals surface area contributed by atoms with Crippen molar-refractivity contribution >= 4 is 34.8 Å². The molecule has 0 aliphatic carbocycles. The van der Waals surface area contributed by atoms with E-state index in [1.807, 2.05) is 18.2 Å². The molecule has 0 unspecified atom stereocenters. The highest BCUT2D eigenvalue weighted by Gasteiger charge is 2.28. The van der Waals surface area contributed by atoms with Gasteiger partial charge in [-0.25, -0.2) is 9.97 Å². The van der Waals surface area contributed by atoms with Gasteiger partial charge in [-0.2, -0.15) is 0 Å². The van der Waals surface area contributed by atoms with Gasteiger partial charge >= 0.3 is 0 Å². The quantitative estimate of drug-likeness (QED) is 0.451. The Kier molecular flexibility index (Phi) is 5.59. The van der Waals surface area contributed by atoms with E-state index in [1.54, 1.807) is 19.4 Å². The van der Waals surface area contributed by atoms with Crippen molar-refractivity contribution in [2.45, 2.75) is 18.9 Å². The first-order chi connectivity index (χ1) is 15.6. The average molecular weight is 455 g/mol. The lowest BCUT2D eigenvalue weighted by Crippen LogP contribution is -2.31. The lowest BCUT2D eigenvalue weighted by molar-refractivity contribution is 0.0947. The molecule has 32 heavy (non-hydrogen) atoms. The Bertz CT molecular complexity index is 1160. The Morgan fingerprint density at radius 2 is 2.22 bits per heavy atom. The molecule has 4 N–H and O–H groups in total. The summed E-state index contributed by atoms with van der Waals surface area (Å²) < 4.78 is 10.9. The van der Waals surface area contributed by atoms with E-state index in [1.165, 1.54) is 0 Å². The monoisotopic (exact) mass is 454 g/mol. The predicted octanol–water partition coefficient (Wildman–Crippen LogP) is 3.36. The minimum Gasteiger partial charge on any atom is -0.493 e.